The number of imidazole rings is 1. The van der Waals surface area contributed by atoms with E-state index < -0.39 is 10.1 Å². The number of aryl methyl sites for hydroxylation is 1. The van der Waals surface area contributed by atoms with E-state index in [1.165, 1.54) is 36.1 Å². The van der Waals surface area contributed by atoms with E-state index in [1.54, 1.807) is 4.90 Å². The summed E-state index contributed by atoms with van der Waals surface area (Å²) in [6.07, 6.45) is 7.12. The number of para-hydroxylation sites is 2. The lowest BCUT2D eigenvalue weighted by molar-refractivity contribution is 0.0607. The molecule has 3 fully saturated rings. The Kier molecular flexibility index (Phi) is 8.43. The number of benzene rings is 3. The van der Waals surface area contributed by atoms with Gasteiger partial charge in [-0.3, -0.25) is 14.2 Å². The lowest BCUT2D eigenvalue weighted by atomic mass is 9.70. The van der Waals surface area contributed by atoms with Gasteiger partial charge in [-0.15, -0.1) is 0 Å². The Balaban J connectivity index is 1.08. The molecule has 8 nitrogen and oxygen atoms in total. The van der Waals surface area contributed by atoms with Crippen LogP contribution in [0.3, 0.4) is 0 Å². The van der Waals surface area contributed by atoms with Crippen LogP contribution in [0.1, 0.15) is 72.7 Å². The summed E-state index contributed by atoms with van der Waals surface area (Å²) in [5.41, 5.74) is 3.41. The highest BCUT2D eigenvalue weighted by atomic mass is 35.5. The zero-order chi connectivity index (χ0) is 32.2. The number of likely N-dealkylation sites (tertiary alicyclic amines) is 1. The molecule has 3 saturated heterocycles. The monoisotopic (exact) mass is 680 g/mol. The largest absolute Gasteiger partial charge is 0.339 e. The van der Waals surface area contributed by atoms with Gasteiger partial charge in [0.2, 0.25) is 0 Å². The molecule has 1 aromatic heterocycles. The van der Waals surface area contributed by atoms with E-state index >= 15 is 0 Å². The molecule has 3 atom stereocenters. The van der Waals surface area contributed by atoms with Crippen molar-refractivity contribution in [2.45, 2.75) is 80.3 Å². The normalized spacial score (nSPS) is 23.2. The molecule has 0 radical (unpaired) electrons. The van der Waals surface area contributed by atoms with Crippen LogP contribution >= 0.6 is 23.2 Å². The predicted molar refractivity (Wildman–Crippen MR) is 180 cm³/mol. The van der Waals surface area contributed by atoms with Crippen LogP contribution in [-0.4, -0.2) is 69.9 Å². The third-order valence-corrected chi connectivity index (χ3v) is 12.2. The Morgan fingerprint density at radius 1 is 0.957 bits per heavy atom. The van der Waals surface area contributed by atoms with E-state index in [1.807, 2.05) is 12.1 Å². The van der Waals surface area contributed by atoms with Crippen molar-refractivity contribution in [2.24, 2.45) is 0 Å². The van der Waals surface area contributed by atoms with Crippen LogP contribution in [0.5, 0.6) is 0 Å². The first-order valence-electron chi connectivity index (χ1n) is 16.0. The molecule has 0 aliphatic carbocycles. The Bertz CT molecular complexity index is 1890. The number of carbonyl (C=O) groups is 1. The number of nitrogens with zero attached hydrogens (tertiary/aromatic N) is 4. The average molecular weight is 682 g/mol. The fourth-order valence-electron chi connectivity index (χ4n) is 8.43. The summed E-state index contributed by atoms with van der Waals surface area (Å²) in [6.45, 7) is 4.10. The third kappa shape index (κ3) is 5.85. The second-order valence-electron chi connectivity index (χ2n) is 13.2. The molecule has 11 heteroatoms. The summed E-state index contributed by atoms with van der Waals surface area (Å²) in [7, 11) is -4.47. The molecule has 3 aliphatic rings. The van der Waals surface area contributed by atoms with Gasteiger partial charge in [0.15, 0.2) is 0 Å². The van der Waals surface area contributed by atoms with Crippen LogP contribution in [0.15, 0.2) is 71.6 Å². The maximum atomic E-state index is 13.6. The number of rotatable bonds is 7. The zero-order valence-electron chi connectivity index (χ0n) is 25.8. The molecule has 242 valence electrons. The van der Waals surface area contributed by atoms with Crippen molar-refractivity contribution in [1.29, 1.82) is 0 Å². The number of amides is 1. The van der Waals surface area contributed by atoms with Crippen LogP contribution in [0.4, 0.5) is 0 Å². The van der Waals surface area contributed by atoms with Crippen molar-refractivity contribution < 1.29 is 17.8 Å². The highest BCUT2D eigenvalue weighted by molar-refractivity contribution is 7.85. The quantitative estimate of drug-likeness (QED) is 0.205. The van der Waals surface area contributed by atoms with Gasteiger partial charge in [0.25, 0.3) is 16.0 Å². The molecule has 1 amide bonds. The Morgan fingerprint density at radius 3 is 2.37 bits per heavy atom. The van der Waals surface area contributed by atoms with E-state index in [0.717, 1.165) is 56.1 Å². The minimum atomic E-state index is -4.47. The van der Waals surface area contributed by atoms with Crippen molar-refractivity contribution in [3.05, 3.63) is 93.7 Å². The van der Waals surface area contributed by atoms with Gasteiger partial charge in [-0.2, -0.15) is 8.42 Å². The van der Waals surface area contributed by atoms with Crippen LogP contribution in [0.25, 0.3) is 11.0 Å². The highest BCUT2D eigenvalue weighted by Gasteiger charge is 2.44. The molecular formula is C35H38Cl2N4O4S. The van der Waals surface area contributed by atoms with Crippen molar-refractivity contribution in [1.82, 2.24) is 19.4 Å². The van der Waals surface area contributed by atoms with Gasteiger partial charge in [0.05, 0.1) is 26.5 Å². The zero-order valence-corrected chi connectivity index (χ0v) is 28.1. The average Bonchev–Trinajstić information content (AvgIpc) is 3.49. The molecule has 3 aliphatic heterocycles. The number of halogens is 2. The fourth-order valence-corrected chi connectivity index (χ4v) is 9.32. The molecule has 4 aromatic rings. The van der Waals surface area contributed by atoms with Gasteiger partial charge in [-0.25, -0.2) is 4.98 Å². The first-order valence-corrected chi connectivity index (χ1v) is 18.2. The maximum Gasteiger partial charge on any atom is 0.294 e. The standard InChI is InChI=1S/C35H38Cl2N4O4S/c1-23-38-32-7-2-3-8-33(32)41(23)28-20-26-9-10-27(21-28)40(26)18-15-35(24-5-4-6-25(36)19-24)13-16-39(17-14-35)34(42)30-22-29(46(43,44)45)11-12-31(30)37/h2-8,11-12,19,22,26-28H,9-10,13-18,20-21H2,1H3,(H,43,44,45)/t26-,27+,28?. The van der Waals surface area contributed by atoms with Crippen molar-refractivity contribution in [3.8, 4) is 0 Å². The number of piperidine rings is 2. The van der Waals surface area contributed by atoms with Gasteiger partial charge in [-0.05, 0) is 112 Å². The first kappa shape index (κ1) is 31.6. The number of fused-ring (bicyclic) bond motifs is 3. The Hall–Kier alpha value is -2.95. The molecule has 0 saturated carbocycles. The molecular weight excluding hydrogens is 643 g/mol. The predicted octanol–water partition coefficient (Wildman–Crippen LogP) is 7.33. The van der Waals surface area contributed by atoms with Gasteiger partial charge < -0.3 is 9.47 Å². The fraction of sp³-hybridized carbons (Fsp3) is 0.429. The van der Waals surface area contributed by atoms with E-state index in [2.05, 4.69) is 52.8 Å². The van der Waals surface area contributed by atoms with E-state index in [0.29, 0.717) is 36.2 Å². The number of hydrogen-bond acceptors (Lipinski definition) is 5. The molecule has 46 heavy (non-hydrogen) atoms. The first-order chi connectivity index (χ1) is 22.0. The second-order valence-corrected chi connectivity index (χ2v) is 15.5. The summed E-state index contributed by atoms with van der Waals surface area (Å²) in [5.74, 6) is 0.754. The van der Waals surface area contributed by atoms with E-state index in [4.69, 9.17) is 28.2 Å². The summed E-state index contributed by atoms with van der Waals surface area (Å²) < 4.78 is 35.5. The molecule has 2 bridgehead atoms. The Morgan fingerprint density at radius 2 is 1.67 bits per heavy atom. The van der Waals surface area contributed by atoms with Gasteiger partial charge >= 0.3 is 0 Å². The van der Waals surface area contributed by atoms with E-state index in [9.17, 15) is 17.8 Å². The number of carbonyl (C=O) groups excluding carboxylic acids is 1. The van der Waals surface area contributed by atoms with Crippen molar-refractivity contribution >= 4 is 50.3 Å². The summed E-state index contributed by atoms with van der Waals surface area (Å²) >= 11 is 12.8. The lowest BCUT2D eigenvalue weighted by Crippen LogP contribution is -2.49. The topological polar surface area (TPSA) is 95.7 Å². The van der Waals surface area contributed by atoms with Crippen LogP contribution in [0.2, 0.25) is 10.0 Å². The maximum absolute atomic E-state index is 13.6. The van der Waals surface area contributed by atoms with Crippen molar-refractivity contribution in [3.63, 3.8) is 0 Å². The summed E-state index contributed by atoms with van der Waals surface area (Å²) in [5, 5.41) is 0.856. The smallest absolute Gasteiger partial charge is 0.294 e. The molecule has 4 heterocycles. The second kappa shape index (κ2) is 12.3. The molecule has 7 rings (SSSR count). The van der Waals surface area contributed by atoms with Gasteiger partial charge in [0, 0.05) is 36.2 Å². The number of hydrogen-bond donors (Lipinski definition) is 1. The highest BCUT2D eigenvalue weighted by Crippen LogP contribution is 2.45. The molecule has 1 N–H and O–H groups in total. The van der Waals surface area contributed by atoms with Gasteiger partial charge in [-0.1, -0.05) is 47.5 Å². The molecule has 0 spiro atoms. The SMILES string of the molecule is Cc1nc2ccccc2n1C1C[C@H]2CC[C@@H](C1)N2CCC1(c2cccc(Cl)c2)CCN(C(=O)c2cc(S(=O)(=O)O)ccc2Cl)CC1. The minimum Gasteiger partial charge on any atom is -0.339 e. The van der Waals surface area contributed by atoms with Crippen LogP contribution in [0, 0.1) is 6.92 Å². The minimum absolute atomic E-state index is 0.0763. The number of aromatic nitrogens is 2. The van der Waals surface area contributed by atoms with E-state index in [-0.39, 0.29) is 26.8 Å². The van der Waals surface area contributed by atoms with Crippen LogP contribution in [-0.2, 0) is 15.5 Å². The van der Waals surface area contributed by atoms with Gasteiger partial charge in [0.1, 0.15) is 5.82 Å². The summed E-state index contributed by atoms with van der Waals surface area (Å²) in [6, 6.07) is 21.8. The molecule has 3 aromatic carbocycles. The lowest BCUT2D eigenvalue weighted by Gasteiger charge is -2.45. The van der Waals surface area contributed by atoms with Crippen molar-refractivity contribution in [2.75, 3.05) is 19.6 Å². The Labute approximate surface area is 280 Å². The third-order valence-electron chi connectivity index (χ3n) is 10.8. The van der Waals surface area contributed by atoms with Crippen LogP contribution < -0.4 is 0 Å². The summed E-state index contributed by atoms with van der Waals surface area (Å²) in [4.78, 5) is 22.6. The molecule has 1 unspecified atom stereocenters.